The van der Waals surface area contributed by atoms with Crippen LogP contribution in [0.5, 0.6) is 0 Å². The van der Waals surface area contributed by atoms with Crippen molar-refractivity contribution in [2.45, 2.75) is 18.6 Å². The fourth-order valence-electron chi connectivity index (χ4n) is 2.89. The molecule has 145 valence electrons. The molecule has 1 aliphatic heterocycles. The van der Waals surface area contributed by atoms with Crippen molar-refractivity contribution in [2.75, 3.05) is 33.5 Å². The van der Waals surface area contributed by atoms with Crippen LogP contribution in [0.1, 0.15) is 22.7 Å². The molecule has 3 N–H and O–H groups in total. The molecule has 27 heavy (non-hydrogen) atoms. The standard InChI is InChI=1S/C15H13ClN.C5H13NO3.Y/c16-13-6-3-5-12(10-13)15-14-7-2-1-4-11(14)8-9-17-15;1-9-3-5(8)2-6-4-7;/h1-7,10,15H,8-9H2;5-8H,2-4H2,1H3;/q-1;;. The quantitative estimate of drug-likeness (QED) is 0.572. The van der Waals surface area contributed by atoms with Crippen molar-refractivity contribution >= 4 is 11.6 Å². The number of hydrogen-bond acceptors (Lipinski definition) is 4. The second kappa shape index (κ2) is 13.8. The van der Waals surface area contributed by atoms with Crippen molar-refractivity contribution in [3.63, 3.8) is 0 Å². The number of aliphatic hydroxyl groups excluding tert-OH is 2. The zero-order valence-electron chi connectivity index (χ0n) is 15.5. The number of methoxy groups -OCH3 is 1. The largest absolute Gasteiger partial charge is 0.652 e. The SMILES string of the molecule is COCC(O)CNCO.Clc1cccc(C2[N-]CCc3ccccc32)c1.[Y]. The van der Waals surface area contributed by atoms with Crippen LogP contribution in [-0.4, -0.2) is 49.9 Å². The number of fused-ring (bicyclic) bond motifs is 1. The van der Waals surface area contributed by atoms with Crippen LogP contribution in [-0.2, 0) is 43.9 Å². The molecule has 0 amide bonds. The third-order valence-corrected chi connectivity index (χ3v) is 4.29. The molecule has 2 atom stereocenters. The molecule has 0 saturated carbocycles. The zero-order valence-corrected chi connectivity index (χ0v) is 19.1. The smallest absolute Gasteiger partial charge is 0.0932 e. The van der Waals surface area contributed by atoms with E-state index in [4.69, 9.17) is 27.1 Å². The fraction of sp³-hybridized carbons (Fsp3) is 0.400. The number of halogens is 1. The van der Waals surface area contributed by atoms with E-state index in [0.29, 0.717) is 13.2 Å². The summed E-state index contributed by atoms with van der Waals surface area (Å²) in [6.07, 6.45) is 0.523. The molecule has 0 fully saturated rings. The number of benzene rings is 2. The molecule has 0 aliphatic carbocycles. The normalized spacial score (nSPS) is 16.4. The third kappa shape index (κ3) is 8.26. The Bertz CT molecular complexity index is 675. The first kappa shape index (κ1) is 24.7. The fourth-order valence-corrected chi connectivity index (χ4v) is 3.08. The molecule has 1 aliphatic rings. The number of ether oxygens (including phenoxy) is 1. The number of aliphatic hydroxyl groups is 2. The molecule has 2 unspecified atom stereocenters. The molecule has 1 heterocycles. The molecule has 2 aromatic rings. The van der Waals surface area contributed by atoms with E-state index in [2.05, 4.69) is 40.4 Å². The number of hydrogen-bond donors (Lipinski definition) is 3. The van der Waals surface area contributed by atoms with Crippen molar-refractivity contribution in [1.29, 1.82) is 0 Å². The van der Waals surface area contributed by atoms with Crippen LogP contribution < -0.4 is 5.32 Å². The zero-order chi connectivity index (χ0) is 18.8. The minimum atomic E-state index is -0.526. The molecular weight excluding hydrogens is 441 g/mol. The Morgan fingerprint density at radius 1 is 1.26 bits per heavy atom. The molecule has 2 aromatic carbocycles. The van der Waals surface area contributed by atoms with Crippen LogP contribution in [0.25, 0.3) is 5.32 Å². The van der Waals surface area contributed by atoms with Gasteiger partial charge in [-0.3, -0.25) is 5.32 Å². The maximum Gasteiger partial charge on any atom is 0.0932 e. The minimum absolute atomic E-state index is 0. The number of nitrogens with one attached hydrogen (secondary N) is 1. The summed E-state index contributed by atoms with van der Waals surface area (Å²) in [6.45, 7) is 1.45. The van der Waals surface area contributed by atoms with Gasteiger partial charge in [-0.15, -0.1) is 6.54 Å². The molecule has 0 bridgehead atoms. The van der Waals surface area contributed by atoms with Gasteiger partial charge in [0.15, 0.2) is 0 Å². The van der Waals surface area contributed by atoms with Gasteiger partial charge in [0.2, 0.25) is 0 Å². The van der Waals surface area contributed by atoms with E-state index in [1.54, 1.807) is 0 Å². The Morgan fingerprint density at radius 3 is 2.74 bits per heavy atom. The number of nitrogens with zero attached hydrogens (tertiary/aromatic N) is 1. The molecule has 3 rings (SSSR count). The predicted molar refractivity (Wildman–Crippen MR) is 105 cm³/mol. The summed E-state index contributed by atoms with van der Waals surface area (Å²) in [5.74, 6) is 0. The Kier molecular flexibility index (Phi) is 12.6. The topological polar surface area (TPSA) is 75.8 Å². The van der Waals surface area contributed by atoms with Gasteiger partial charge in [-0.1, -0.05) is 65.2 Å². The van der Waals surface area contributed by atoms with Crippen LogP contribution in [0.2, 0.25) is 5.02 Å². The summed E-state index contributed by atoms with van der Waals surface area (Å²) in [6, 6.07) is 16.7. The monoisotopic (exact) mass is 466 g/mol. The molecule has 0 spiro atoms. The van der Waals surface area contributed by atoms with Crippen molar-refractivity contribution < 1.29 is 47.7 Å². The van der Waals surface area contributed by atoms with E-state index >= 15 is 0 Å². The summed E-state index contributed by atoms with van der Waals surface area (Å²) in [5.41, 5.74) is 3.91. The maximum absolute atomic E-state index is 8.88. The summed E-state index contributed by atoms with van der Waals surface area (Å²) in [5, 5.41) is 25.2. The average Bonchev–Trinajstić information content (AvgIpc) is 2.67. The predicted octanol–water partition coefficient (Wildman–Crippen LogP) is 2.89. The summed E-state index contributed by atoms with van der Waals surface area (Å²) in [7, 11) is 1.52. The van der Waals surface area contributed by atoms with Crippen molar-refractivity contribution in [1.82, 2.24) is 5.32 Å². The van der Waals surface area contributed by atoms with Crippen LogP contribution >= 0.6 is 11.6 Å². The van der Waals surface area contributed by atoms with Gasteiger partial charge < -0.3 is 20.3 Å². The Labute approximate surface area is 191 Å². The molecular formula is C20H26ClN2O3Y-. The first-order valence-corrected chi connectivity index (χ1v) is 9.02. The second-order valence-electron chi connectivity index (χ2n) is 6.03. The van der Waals surface area contributed by atoms with E-state index in [9.17, 15) is 0 Å². The first-order valence-electron chi connectivity index (χ1n) is 8.64. The Balaban J connectivity index is 0.000000316. The van der Waals surface area contributed by atoms with Gasteiger partial charge in [0, 0.05) is 51.4 Å². The van der Waals surface area contributed by atoms with Gasteiger partial charge in [0.05, 0.1) is 19.4 Å². The Morgan fingerprint density at radius 2 is 2.04 bits per heavy atom. The molecule has 5 nitrogen and oxygen atoms in total. The van der Waals surface area contributed by atoms with Crippen molar-refractivity contribution in [3.05, 3.63) is 75.6 Å². The van der Waals surface area contributed by atoms with Gasteiger partial charge in [-0.05, 0) is 24.1 Å². The van der Waals surface area contributed by atoms with Crippen LogP contribution in [0.4, 0.5) is 0 Å². The van der Waals surface area contributed by atoms with Gasteiger partial charge >= 0.3 is 0 Å². The van der Waals surface area contributed by atoms with Gasteiger partial charge in [0.25, 0.3) is 0 Å². The first-order chi connectivity index (χ1) is 12.7. The van der Waals surface area contributed by atoms with E-state index in [-0.39, 0.29) is 45.5 Å². The Hall–Kier alpha value is -0.366. The van der Waals surface area contributed by atoms with Crippen molar-refractivity contribution in [3.8, 4) is 0 Å². The molecule has 1 radical (unpaired) electrons. The van der Waals surface area contributed by atoms with Gasteiger partial charge in [-0.25, -0.2) is 0 Å². The summed E-state index contributed by atoms with van der Waals surface area (Å²) < 4.78 is 4.63. The van der Waals surface area contributed by atoms with E-state index in [1.165, 1.54) is 23.8 Å². The van der Waals surface area contributed by atoms with E-state index in [0.717, 1.165) is 18.0 Å². The van der Waals surface area contributed by atoms with E-state index in [1.807, 2.05) is 18.2 Å². The minimum Gasteiger partial charge on any atom is -0.652 e. The summed E-state index contributed by atoms with van der Waals surface area (Å²) in [4.78, 5) is 0. The molecule has 7 heteroatoms. The number of rotatable bonds is 6. The van der Waals surface area contributed by atoms with Gasteiger partial charge in [-0.2, -0.15) is 0 Å². The molecule has 0 saturated heterocycles. The van der Waals surface area contributed by atoms with Crippen molar-refractivity contribution in [2.24, 2.45) is 0 Å². The van der Waals surface area contributed by atoms with E-state index < -0.39 is 6.10 Å². The average molecular weight is 467 g/mol. The van der Waals surface area contributed by atoms with Crippen LogP contribution in [0, 0.1) is 0 Å². The summed E-state index contributed by atoms with van der Waals surface area (Å²) >= 11 is 6.05. The molecule has 0 aromatic heterocycles. The maximum atomic E-state index is 8.88. The van der Waals surface area contributed by atoms with Gasteiger partial charge in [0.1, 0.15) is 0 Å². The van der Waals surface area contributed by atoms with Crippen LogP contribution in [0.15, 0.2) is 48.5 Å². The van der Waals surface area contributed by atoms with Crippen LogP contribution in [0.3, 0.4) is 0 Å². The third-order valence-electron chi connectivity index (χ3n) is 4.06. The second-order valence-corrected chi connectivity index (χ2v) is 6.47.